The minimum atomic E-state index is -0.411. The molecule has 0 saturated carbocycles. The van der Waals surface area contributed by atoms with E-state index in [1.54, 1.807) is 12.1 Å². The molecule has 1 rings (SSSR count). The Balaban J connectivity index is 2.75. The molecule has 5 nitrogen and oxygen atoms in total. The second kappa shape index (κ2) is 6.85. The van der Waals surface area contributed by atoms with Crippen molar-refractivity contribution in [3.05, 3.63) is 34.4 Å². The second-order valence-electron chi connectivity index (χ2n) is 3.84. The summed E-state index contributed by atoms with van der Waals surface area (Å²) in [5.41, 5.74) is 1.01. The molecular weight excluding hydrogens is 220 g/mol. The maximum Gasteiger partial charge on any atom is 0.269 e. The minimum absolute atomic E-state index is 0.0840. The topological polar surface area (TPSA) is 66.6 Å². The summed E-state index contributed by atoms with van der Waals surface area (Å²) >= 11 is 0. The molecular formula is C12H18N2O3. The van der Waals surface area contributed by atoms with E-state index in [-0.39, 0.29) is 12.3 Å². The maximum absolute atomic E-state index is 10.5. The first kappa shape index (κ1) is 13.4. The number of anilines is 1. The number of non-ortho nitro benzene ring substituents is 1. The summed E-state index contributed by atoms with van der Waals surface area (Å²) in [5.74, 6) is 0. The summed E-state index contributed by atoms with van der Waals surface area (Å²) in [6, 6.07) is 6.43. The highest BCUT2D eigenvalue weighted by atomic mass is 16.6. The van der Waals surface area contributed by atoms with E-state index in [0.29, 0.717) is 6.54 Å². The van der Waals surface area contributed by atoms with Gasteiger partial charge in [-0.05, 0) is 18.6 Å². The Hall–Kier alpha value is -1.62. The largest absolute Gasteiger partial charge is 0.395 e. The fourth-order valence-electron chi connectivity index (χ4n) is 1.62. The molecule has 1 N–H and O–H groups in total. The summed E-state index contributed by atoms with van der Waals surface area (Å²) < 4.78 is 0. The highest BCUT2D eigenvalue weighted by molar-refractivity contribution is 5.50. The number of nitro benzene ring substituents is 1. The smallest absolute Gasteiger partial charge is 0.269 e. The molecule has 0 spiro atoms. The van der Waals surface area contributed by atoms with Crippen LogP contribution in [0, 0.1) is 10.1 Å². The van der Waals surface area contributed by atoms with E-state index in [1.165, 1.54) is 12.1 Å². The molecule has 0 aromatic heterocycles. The van der Waals surface area contributed by atoms with Crippen LogP contribution in [0.15, 0.2) is 24.3 Å². The van der Waals surface area contributed by atoms with Crippen LogP contribution in [-0.4, -0.2) is 29.7 Å². The number of benzene rings is 1. The van der Waals surface area contributed by atoms with Gasteiger partial charge in [-0.1, -0.05) is 13.3 Å². The van der Waals surface area contributed by atoms with Gasteiger partial charge in [0.05, 0.1) is 11.5 Å². The van der Waals surface area contributed by atoms with Gasteiger partial charge in [0.2, 0.25) is 0 Å². The lowest BCUT2D eigenvalue weighted by atomic mass is 10.2. The Labute approximate surface area is 101 Å². The number of aliphatic hydroxyl groups is 1. The molecule has 17 heavy (non-hydrogen) atoms. The first-order chi connectivity index (χ1) is 8.19. The zero-order valence-corrected chi connectivity index (χ0v) is 10.0. The van der Waals surface area contributed by atoms with Gasteiger partial charge in [0.15, 0.2) is 0 Å². The van der Waals surface area contributed by atoms with Crippen molar-refractivity contribution in [2.75, 3.05) is 24.6 Å². The maximum atomic E-state index is 10.5. The van der Waals surface area contributed by atoms with Crippen molar-refractivity contribution < 1.29 is 10.0 Å². The summed E-state index contributed by atoms with van der Waals surface area (Å²) in [7, 11) is 0. The van der Waals surface area contributed by atoms with Crippen LogP contribution in [0.25, 0.3) is 0 Å². The molecule has 0 aliphatic heterocycles. The average molecular weight is 238 g/mol. The van der Waals surface area contributed by atoms with Gasteiger partial charge in [-0.15, -0.1) is 0 Å². The van der Waals surface area contributed by atoms with Crippen LogP contribution >= 0.6 is 0 Å². The Morgan fingerprint density at radius 2 is 1.94 bits per heavy atom. The molecule has 0 unspecified atom stereocenters. The van der Waals surface area contributed by atoms with Crippen LogP contribution in [0.2, 0.25) is 0 Å². The lowest BCUT2D eigenvalue weighted by molar-refractivity contribution is -0.384. The number of hydrogen-bond donors (Lipinski definition) is 1. The van der Waals surface area contributed by atoms with Crippen LogP contribution < -0.4 is 4.90 Å². The SMILES string of the molecule is CCCCN(CCO)c1ccc([N+](=O)[O-])cc1. The van der Waals surface area contributed by atoms with Crippen molar-refractivity contribution in [1.29, 1.82) is 0 Å². The quantitative estimate of drug-likeness (QED) is 0.584. The number of aliphatic hydroxyl groups excluding tert-OH is 1. The van der Waals surface area contributed by atoms with Crippen molar-refractivity contribution in [2.45, 2.75) is 19.8 Å². The standard InChI is InChI=1S/C12H18N2O3/c1-2-3-8-13(9-10-15)11-4-6-12(7-5-11)14(16)17/h4-7,15H,2-3,8-10H2,1H3. The summed E-state index contributed by atoms with van der Waals surface area (Å²) in [5, 5.41) is 19.5. The van der Waals surface area contributed by atoms with Crippen LogP contribution in [0.1, 0.15) is 19.8 Å². The van der Waals surface area contributed by atoms with Gasteiger partial charge >= 0.3 is 0 Å². The normalized spacial score (nSPS) is 10.2. The molecule has 0 atom stereocenters. The average Bonchev–Trinajstić information content (AvgIpc) is 2.34. The molecule has 0 heterocycles. The van der Waals surface area contributed by atoms with Crippen molar-refractivity contribution in [1.82, 2.24) is 0 Å². The Bertz CT molecular complexity index is 351. The Morgan fingerprint density at radius 1 is 1.29 bits per heavy atom. The van der Waals surface area contributed by atoms with E-state index in [9.17, 15) is 10.1 Å². The summed E-state index contributed by atoms with van der Waals surface area (Å²) in [4.78, 5) is 12.2. The predicted octanol–water partition coefficient (Wildman–Crippen LogP) is 2.19. The van der Waals surface area contributed by atoms with Crippen LogP contribution in [0.4, 0.5) is 11.4 Å². The highest BCUT2D eigenvalue weighted by Gasteiger charge is 2.08. The Morgan fingerprint density at radius 3 is 2.41 bits per heavy atom. The van der Waals surface area contributed by atoms with Crippen molar-refractivity contribution in [2.24, 2.45) is 0 Å². The van der Waals surface area contributed by atoms with Crippen molar-refractivity contribution in [3.8, 4) is 0 Å². The lowest BCUT2D eigenvalue weighted by Crippen LogP contribution is -2.27. The predicted molar refractivity (Wildman–Crippen MR) is 67.3 cm³/mol. The third kappa shape index (κ3) is 4.03. The number of nitrogens with zero attached hydrogens (tertiary/aromatic N) is 2. The molecule has 1 aromatic rings. The van der Waals surface area contributed by atoms with Gasteiger partial charge in [-0.25, -0.2) is 0 Å². The van der Waals surface area contributed by atoms with E-state index in [0.717, 1.165) is 25.1 Å². The van der Waals surface area contributed by atoms with Gasteiger partial charge in [0.1, 0.15) is 0 Å². The molecule has 0 fully saturated rings. The number of hydrogen-bond acceptors (Lipinski definition) is 4. The van der Waals surface area contributed by atoms with Gasteiger partial charge in [-0.3, -0.25) is 10.1 Å². The molecule has 0 radical (unpaired) electrons. The number of rotatable bonds is 7. The number of nitro groups is 1. The van der Waals surface area contributed by atoms with Gasteiger partial charge in [0.25, 0.3) is 5.69 Å². The van der Waals surface area contributed by atoms with Gasteiger partial charge in [-0.2, -0.15) is 0 Å². The van der Waals surface area contributed by atoms with E-state index in [2.05, 4.69) is 6.92 Å². The fourth-order valence-corrected chi connectivity index (χ4v) is 1.62. The van der Waals surface area contributed by atoms with Crippen LogP contribution in [0.3, 0.4) is 0 Å². The van der Waals surface area contributed by atoms with Crippen molar-refractivity contribution >= 4 is 11.4 Å². The third-order valence-electron chi connectivity index (χ3n) is 2.58. The fraction of sp³-hybridized carbons (Fsp3) is 0.500. The molecule has 94 valence electrons. The highest BCUT2D eigenvalue weighted by Crippen LogP contribution is 2.19. The molecule has 5 heteroatoms. The molecule has 0 bridgehead atoms. The third-order valence-corrected chi connectivity index (χ3v) is 2.58. The van der Waals surface area contributed by atoms with Gasteiger partial charge in [0, 0.05) is 30.9 Å². The van der Waals surface area contributed by atoms with Crippen LogP contribution in [-0.2, 0) is 0 Å². The first-order valence-electron chi connectivity index (χ1n) is 5.79. The molecule has 1 aromatic carbocycles. The summed E-state index contributed by atoms with van der Waals surface area (Å²) in [6.07, 6.45) is 2.12. The van der Waals surface area contributed by atoms with Crippen LogP contribution in [0.5, 0.6) is 0 Å². The molecule has 0 saturated heterocycles. The molecule has 0 amide bonds. The Kier molecular flexibility index (Phi) is 5.42. The van der Waals surface area contributed by atoms with E-state index in [1.807, 2.05) is 4.90 Å². The second-order valence-corrected chi connectivity index (χ2v) is 3.84. The monoisotopic (exact) mass is 238 g/mol. The zero-order chi connectivity index (χ0) is 12.7. The minimum Gasteiger partial charge on any atom is -0.395 e. The van der Waals surface area contributed by atoms with E-state index >= 15 is 0 Å². The first-order valence-corrected chi connectivity index (χ1v) is 5.79. The molecule has 0 aliphatic carbocycles. The number of unbranched alkanes of at least 4 members (excludes halogenated alkanes) is 1. The lowest BCUT2D eigenvalue weighted by Gasteiger charge is -2.23. The van der Waals surface area contributed by atoms with Crippen molar-refractivity contribution in [3.63, 3.8) is 0 Å². The zero-order valence-electron chi connectivity index (χ0n) is 10.0. The van der Waals surface area contributed by atoms with E-state index in [4.69, 9.17) is 5.11 Å². The molecule has 0 aliphatic rings. The van der Waals surface area contributed by atoms with E-state index < -0.39 is 4.92 Å². The van der Waals surface area contributed by atoms with Gasteiger partial charge < -0.3 is 10.0 Å². The summed E-state index contributed by atoms with van der Waals surface area (Å²) in [6.45, 7) is 3.60.